The summed E-state index contributed by atoms with van der Waals surface area (Å²) >= 11 is 0. The summed E-state index contributed by atoms with van der Waals surface area (Å²) in [5.41, 5.74) is -1.25. The minimum atomic E-state index is -1.24. The summed E-state index contributed by atoms with van der Waals surface area (Å²) in [5.74, 6) is -1.19. The first-order chi connectivity index (χ1) is 11.5. The van der Waals surface area contributed by atoms with Gasteiger partial charge in [-0.3, -0.25) is 0 Å². The lowest BCUT2D eigenvalue weighted by Crippen LogP contribution is -2.73. The van der Waals surface area contributed by atoms with Crippen LogP contribution in [0.25, 0.3) is 0 Å². The SMILES string of the molecule is C=C1[C@@H]2[C@@H](O)[C@H](O)C3C([C@H](O)C[C@@H]4C(C)(C)CCC[C@@]34C)([C@@H]1O)[C@@H]2O. The minimum Gasteiger partial charge on any atom is -0.392 e. The molecule has 0 aromatic heterocycles. The molecule has 10 atom stereocenters. The molecule has 0 saturated heterocycles. The van der Waals surface area contributed by atoms with Gasteiger partial charge in [0.15, 0.2) is 0 Å². The molecular weight excluding hydrogens is 320 g/mol. The van der Waals surface area contributed by atoms with E-state index in [0.29, 0.717) is 12.0 Å². The zero-order valence-electron chi connectivity index (χ0n) is 15.4. The van der Waals surface area contributed by atoms with Crippen molar-refractivity contribution in [2.45, 2.75) is 77.0 Å². The highest BCUT2D eigenvalue weighted by Gasteiger charge is 2.77. The van der Waals surface area contributed by atoms with Crippen molar-refractivity contribution in [3.05, 3.63) is 12.2 Å². The second kappa shape index (κ2) is 5.08. The molecule has 5 heteroatoms. The molecule has 4 aliphatic rings. The first-order valence-electron chi connectivity index (χ1n) is 9.60. The quantitative estimate of drug-likeness (QED) is 0.416. The number of hydrogen-bond acceptors (Lipinski definition) is 5. The summed E-state index contributed by atoms with van der Waals surface area (Å²) in [6, 6.07) is 0. The molecule has 0 aromatic carbocycles. The number of aliphatic hydroxyl groups excluding tert-OH is 5. The second-order valence-electron chi connectivity index (χ2n) is 10.1. The lowest BCUT2D eigenvalue weighted by atomic mass is 9.39. The average molecular weight is 352 g/mol. The van der Waals surface area contributed by atoms with Crippen LogP contribution in [0.4, 0.5) is 0 Å². The molecule has 4 fully saturated rings. The van der Waals surface area contributed by atoms with E-state index in [4.69, 9.17) is 0 Å². The van der Waals surface area contributed by atoms with Crippen molar-refractivity contribution in [1.29, 1.82) is 0 Å². The molecule has 1 spiro atoms. The molecule has 4 aliphatic carbocycles. The van der Waals surface area contributed by atoms with E-state index in [1.165, 1.54) is 0 Å². The first-order valence-corrected chi connectivity index (χ1v) is 9.60. The van der Waals surface area contributed by atoms with Gasteiger partial charge in [-0.25, -0.2) is 0 Å². The number of rotatable bonds is 0. The van der Waals surface area contributed by atoms with Gasteiger partial charge in [0, 0.05) is 11.8 Å². The van der Waals surface area contributed by atoms with Gasteiger partial charge in [0.05, 0.1) is 35.9 Å². The van der Waals surface area contributed by atoms with Gasteiger partial charge >= 0.3 is 0 Å². The van der Waals surface area contributed by atoms with Gasteiger partial charge in [-0.15, -0.1) is 0 Å². The number of fused-ring (bicyclic) bond motifs is 3. The minimum absolute atomic E-state index is 0.00261. The Bertz CT molecular complexity index is 603. The first kappa shape index (κ1) is 17.9. The van der Waals surface area contributed by atoms with Gasteiger partial charge in [0.1, 0.15) is 0 Å². The predicted molar refractivity (Wildman–Crippen MR) is 92.4 cm³/mol. The Balaban J connectivity index is 1.93. The highest BCUT2D eigenvalue weighted by atomic mass is 16.3. The number of hydrogen-bond donors (Lipinski definition) is 5. The summed E-state index contributed by atoms with van der Waals surface area (Å²) in [6.45, 7) is 10.4. The predicted octanol–water partition coefficient (Wildman–Crippen LogP) is 0.829. The molecule has 2 bridgehead atoms. The molecular formula is C20H32O5. The monoisotopic (exact) mass is 352 g/mol. The van der Waals surface area contributed by atoms with Crippen molar-refractivity contribution in [1.82, 2.24) is 0 Å². The van der Waals surface area contributed by atoms with Crippen LogP contribution >= 0.6 is 0 Å². The topological polar surface area (TPSA) is 101 Å². The van der Waals surface area contributed by atoms with Gasteiger partial charge in [-0.1, -0.05) is 33.8 Å². The van der Waals surface area contributed by atoms with Crippen LogP contribution in [0.1, 0.15) is 46.5 Å². The normalized spacial score (nSPS) is 60.1. The fourth-order valence-electron chi connectivity index (χ4n) is 7.75. The van der Waals surface area contributed by atoms with E-state index in [-0.39, 0.29) is 16.7 Å². The van der Waals surface area contributed by atoms with Crippen LogP contribution in [-0.2, 0) is 0 Å². The fourth-order valence-corrected chi connectivity index (χ4v) is 7.75. The Morgan fingerprint density at radius 1 is 0.960 bits per heavy atom. The fraction of sp³-hybridized carbons (Fsp3) is 0.900. The third-order valence-electron chi connectivity index (χ3n) is 8.73. The Kier molecular flexibility index (Phi) is 3.64. The number of aliphatic hydroxyl groups is 5. The zero-order valence-corrected chi connectivity index (χ0v) is 15.4. The third-order valence-corrected chi connectivity index (χ3v) is 8.73. The molecule has 5 N–H and O–H groups in total. The summed E-state index contributed by atoms with van der Waals surface area (Å²) < 4.78 is 0. The Morgan fingerprint density at radius 2 is 1.60 bits per heavy atom. The van der Waals surface area contributed by atoms with Crippen LogP contribution < -0.4 is 0 Å². The van der Waals surface area contributed by atoms with Crippen molar-refractivity contribution >= 4 is 0 Å². The Labute approximate surface area is 149 Å². The molecule has 0 aliphatic heterocycles. The Hall–Kier alpha value is -0.460. The molecule has 4 rings (SSSR count). The highest BCUT2D eigenvalue weighted by Crippen LogP contribution is 2.71. The second-order valence-corrected chi connectivity index (χ2v) is 10.1. The Morgan fingerprint density at radius 3 is 2.24 bits per heavy atom. The smallest absolute Gasteiger partial charge is 0.0893 e. The van der Waals surface area contributed by atoms with E-state index >= 15 is 0 Å². The summed E-state index contributed by atoms with van der Waals surface area (Å²) in [5, 5.41) is 55.1. The molecule has 0 heterocycles. The van der Waals surface area contributed by atoms with E-state index in [9.17, 15) is 25.5 Å². The highest BCUT2D eigenvalue weighted by molar-refractivity contribution is 5.35. The molecule has 0 radical (unpaired) electrons. The standard InChI is InChI=1S/C20H32O5/c1-9-12-13(22)14(23)15-19(4)7-5-6-18(2,3)10(19)8-11(21)20(15,16(9)24)17(12)25/h10-17,21-25H,1,5-8H2,2-4H3/t10-,11-,12-,13-,14+,15?,16-,17-,19-,20?/m1/s1. The van der Waals surface area contributed by atoms with Crippen LogP contribution in [0.3, 0.4) is 0 Å². The van der Waals surface area contributed by atoms with Crippen molar-refractivity contribution < 1.29 is 25.5 Å². The zero-order chi connectivity index (χ0) is 18.5. The molecule has 5 nitrogen and oxygen atoms in total. The molecule has 0 amide bonds. The maximum Gasteiger partial charge on any atom is 0.0893 e. The molecule has 0 aromatic rings. The van der Waals surface area contributed by atoms with Crippen molar-refractivity contribution in [2.75, 3.05) is 0 Å². The maximum absolute atomic E-state index is 11.2. The third kappa shape index (κ3) is 1.82. The summed E-state index contributed by atoms with van der Waals surface area (Å²) in [6.07, 6.45) is -1.96. The van der Waals surface area contributed by atoms with E-state index in [1.807, 2.05) is 0 Å². The van der Waals surface area contributed by atoms with Crippen molar-refractivity contribution in [3.63, 3.8) is 0 Å². The van der Waals surface area contributed by atoms with Crippen molar-refractivity contribution in [3.8, 4) is 0 Å². The lowest BCUT2D eigenvalue weighted by molar-refractivity contribution is -0.293. The van der Waals surface area contributed by atoms with E-state index in [1.54, 1.807) is 0 Å². The van der Waals surface area contributed by atoms with Crippen LogP contribution in [0.15, 0.2) is 12.2 Å². The van der Waals surface area contributed by atoms with Gasteiger partial charge in [-0.05, 0) is 41.6 Å². The summed E-state index contributed by atoms with van der Waals surface area (Å²) in [4.78, 5) is 0. The lowest BCUT2D eigenvalue weighted by Gasteiger charge is -2.67. The van der Waals surface area contributed by atoms with Crippen LogP contribution in [-0.4, -0.2) is 56.1 Å². The summed E-state index contributed by atoms with van der Waals surface area (Å²) in [7, 11) is 0. The van der Waals surface area contributed by atoms with E-state index in [2.05, 4.69) is 27.4 Å². The maximum atomic E-state index is 11.2. The molecule has 25 heavy (non-hydrogen) atoms. The van der Waals surface area contributed by atoms with E-state index in [0.717, 1.165) is 19.3 Å². The van der Waals surface area contributed by atoms with Crippen LogP contribution in [0.5, 0.6) is 0 Å². The van der Waals surface area contributed by atoms with Crippen LogP contribution in [0.2, 0.25) is 0 Å². The van der Waals surface area contributed by atoms with Crippen molar-refractivity contribution in [2.24, 2.45) is 34.0 Å². The molecule has 142 valence electrons. The van der Waals surface area contributed by atoms with Crippen LogP contribution in [0, 0.1) is 34.0 Å². The molecule has 2 unspecified atom stereocenters. The van der Waals surface area contributed by atoms with Gasteiger partial charge in [0.2, 0.25) is 0 Å². The van der Waals surface area contributed by atoms with Gasteiger partial charge in [0.25, 0.3) is 0 Å². The largest absolute Gasteiger partial charge is 0.392 e. The van der Waals surface area contributed by atoms with Gasteiger partial charge < -0.3 is 25.5 Å². The van der Waals surface area contributed by atoms with Gasteiger partial charge in [-0.2, -0.15) is 0 Å². The molecule has 4 saturated carbocycles. The average Bonchev–Trinajstić information content (AvgIpc) is 2.66. The van der Waals surface area contributed by atoms with E-state index < -0.39 is 47.8 Å².